The molecule has 0 aromatic carbocycles. The van der Waals surface area contributed by atoms with E-state index in [0.29, 0.717) is 6.54 Å². The van der Waals surface area contributed by atoms with Gasteiger partial charge in [0.1, 0.15) is 5.37 Å². The number of amides is 1. The first-order valence-electron chi connectivity index (χ1n) is 3.85. The van der Waals surface area contributed by atoms with E-state index in [1.165, 1.54) is 0 Å². The number of carbonyl (C=O) groups is 1. The molecule has 1 rings (SSSR count). The molecule has 13 heavy (non-hydrogen) atoms. The summed E-state index contributed by atoms with van der Waals surface area (Å²) in [4.78, 5) is 12.7. The van der Waals surface area contributed by atoms with E-state index in [4.69, 9.17) is 0 Å². The molecule has 6 heteroatoms. The number of carbonyl (C=O) groups excluding carboxylic acids is 1. The normalized spacial score (nSPS) is 20.7. The molecule has 1 heterocycles. The molecule has 1 unspecified atom stereocenters. The molecule has 0 saturated carbocycles. The molecule has 1 aliphatic heterocycles. The van der Waals surface area contributed by atoms with Gasteiger partial charge in [-0.1, -0.05) is 0 Å². The molecule has 4 nitrogen and oxygen atoms in total. The van der Waals surface area contributed by atoms with Crippen LogP contribution in [0.1, 0.15) is 19.8 Å². The quantitative estimate of drug-likeness (QED) is 0.416. The summed E-state index contributed by atoms with van der Waals surface area (Å²) in [6.45, 7) is 2.60. The Balaban J connectivity index is 0.00000144. The zero-order valence-electron chi connectivity index (χ0n) is 6.86. The Morgan fingerprint density at radius 1 is 1.54 bits per heavy atom. The summed E-state index contributed by atoms with van der Waals surface area (Å²) in [5.41, 5.74) is 0. The number of rotatable bonds is 1. The third kappa shape index (κ3) is 3.81. The van der Waals surface area contributed by atoms with Crippen molar-refractivity contribution in [3.8, 4) is 0 Å². The van der Waals surface area contributed by atoms with Crippen LogP contribution in [-0.2, 0) is 15.1 Å². The van der Waals surface area contributed by atoms with E-state index in [2.05, 4.69) is 0 Å². The van der Waals surface area contributed by atoms with Gasteiger partial charge in [-0.25, -0.2) is 0 Å². The molecule has 0 N–H and O–H groups in total. The van der Waals surface area contributed by atoms with Crippen LogP contribution in [0.15, 0.2) is 0 Å². The second kappa shape index (κ2) is 5.80. The standard InChI is InChI=1S/C7H11NO3S.Na.H/c1-6-3-2-4-8(6)7(9)5-12(10)11;;/h5-6H,2-4H2,1H3;;. The van der Waals surface area contributed by atoms with Gasteiger partial charge in [0.2, 0.25) is 10.3 Å². The third-order valence-corrected chi connectivity index (χ3v) is 2.43. The number of hydrogen-bond donors (Lipinski definition) is 0. The summed E-state index contributed by atoms with van der Waals surface area (Å²) in [6, 6.07) is 0.178. The van der Waals surface area contributed by atoms with Crippen molar-refractivity contribution in [2.75, 3.05) is 6.54 Å². The molecule has 1 amide bonds. The minimum atomic E-state index is -2.37. The van der Waals surface area contributed by atoms with E-state index in [-0.39, 0.29) is 35.6 Å². The molecule has 0 aliphatic carbocycles. The van der Waals surface area contributed by atoms with Gasteiger partial charge in [-0.3, -0.25) is 4.79 Å². The summed E-state index contributed by atoms with van der Waals surface area (Å²) >= 11 is 0. The van der Waals surface area contributed by atoms with Crippen LogP contribution in [0.25, 0.3) is 0 Å². The molecule has 1 aliphatic rings. The average molecular weight is 213 g/mol. The van der Waals surface area contributed by atoms with Crippen molar-refractivity contribution >= 4 is 51.1 Å². The summed E-state index contributed by atoms with van der Waals surface area (Å²) < 4.78 is 20.3. The molecular weight excluding hydrogens is 201 g/mol. The van der Waals surface area contributed by atoms with Gasteiger partial charge in [0.15, 0.2) is 0 Å². The number of likely N-dealkylation sites (tertiary alicyclic amines) is 1. The van der Waals surface area contributed by atoms with Gasteiger partial charge in [-0.05, 0) is 19.8 Å². The van der Waals surface area contributed by atoms with Crippen LogP contribution in [0.4, 0.5) is 0 Å². The van der Waals surface area contributed by atoms with Crippen molar-refractivity contribution in [2.45, 2.75) is 25.8 Å². The Morgan fingerprint density at radius 2 is 2.15 bits per heavy atom. The third-order valence-electron chi connectivity index (χ3n) is 2.03. The molecule has 0 radical (unpaired) electrons. The first kappa shape index (κ1) is 13.2. The Hall–Kier alpha value is 0.160. The van der Waals surface area contributed by atoms with Crippen LogP contribution in [0.5, 0.6) is 0 Å². The van der Waals surface area contributed by atoms with Crippen LogP contribution in [-0.4, -0.2) is 66.7 Å². The SMILES string of the molecule is CC1CCCN1C(=O)C=S(=O)=O.[NaH]. The fraction of sp³-hybridized carbons (Fsp3) is 0.714. The summed E-state index contributed by atoms with van der Waals surface area (Å²) in [5.74, 6) is -0.395. The van der Waals surface area contributed by atoms with Gasteiger partial charge in [0, 0.05) is 12.6 Å². The molecule has 1 fully saturated rings. The molecule has 0 bridgehead atoms. The van der Waals surface area contributed by atoms with Crippen molar-refractivity contribution in [1.29, 1.82) is 0 Å². The van der Waals surface area contributed by atoms with Gasteiger partial charge in [-0.15, -0.1) is 0 Å². The maximum absolute atomic E-state index is 11.1. The Kier molecular flexibility index (Phi) is 5.87. The van der Waals surface area contributed by atoms with Crippen molar-refractivity contribution in [2.24, 2.45) is 0 Å². The van der Waals surface area contributed by atoms with Gasteiger partial charge >= 0.3 is 29.6 Å². The van der Waals surface area contributed by atoms with Crippen molar-refractivity contribution in [3.05, 3.63) is 0 Å². The second-order valence-electron chi connectivity index (χ2n) is 2.90. The average Bonchev–Trinajstić information content (AvgIpc) is 2.33. The molecule has 1 saturated heterocycles. The van der Waals surface area contributed by atoms with E-state index in [0.717, 1.165) is 18.2 Å². The Morgan fingerprint density at radius 3 is 2.54 bits per heavy atom. The predicted octanol–water partition coefficient (Wildman–Crippen LogP) is -0.970. The molecular formula is C7H12NNaO3S. The Bertz CT molecular complexity index is 304. The number of nitrogens with zero attached hydrogens (tertiary/aromatic N) is 1. The van der Waals surface area contributed by atoms with Crippen molar-refractivity contribution < 1.29 is 13.2 Å². The van der Waals surface area contributed by atoms with Crippen molar-refractivity contribution in [1.82, 2.24) is 4.90 Å². The molecule has 0 aromatic heterocycles. The zero-order valence-corrected chi connectivity index (χ0v) is 7.67. The topological polar surface area (TPSA) is 54.5 Å². The van der Waals surface area contributed by atoms with Crippen LogP contribution < -0.4 is 0 Å². The first-order chi connectivity index (χ1) is 5.61. The van der Waals surface area contributed by atoms with Gasteiger partial charge < -0.3 is 4.90 Å². The van der Waals surface area contributed by atoms with Crippen LogP contribution >= 0.6 is 0 Å². The zero-order chi connectivity index (χ0) is 9.14. The van der Waals surface area contributed by atoms with E-state index in [1.54, 1.807) is 4.90 Å². The fourth-order valence-electron chi connectivity index (χ4n) is 1.41. The van der Waals surface area contributed by atoms with Gasteiger partial charge in [0.05, 0.1) is 0 Å². The second-order valence-corrected chi connectivity index (χ2v) is 3.66. The summed E-state index contributed by atoms with van der Waals surface area (Å²) in [7, 11) is -2.37. The van der Waals surface area contributed by atoms with E-state index in [1.807, 2.05) is 6.92 Å². The minimum absolute atomic E-state index is 0. The molecule has 0 aromatic rings. The molecule has 0 spiro atoms. The monoisotopic (exact) mass is 213 g/mol. The first-order valence-corrected chi connectivity index (χ1v) is 4.98. The molecule has 1 atom stereocenters. The van der Waals surface area contributed by atoms with Crippen LogP contribution in [0, 0.1) is 0 Å². The molecule has 70 valence electrons. The maximum atomic E-state index is 11.1. The summed E-state index contributed by atoms with van der Waals surface area (Å²) in [6.07, 6.45) is 1.93. The van der Waals surface area contributed by atoms with Crippen LogP contribution in [0.3, 0.4) is 0 Å². The van der Waals surface area contributed by atoms with Crippen molar-refractivity contribution in [3.63, 3.8) is 0 Å². The Labute approximate surface area is 101 Å². The van der Waals surface area contributed by atoms with Crippen LogP contribution in [0.2, 0.25) is 0 Å². The van der Waals surface area contributed by atoms with E-state index in [9.17, 15) is 13.2 Å². The van der Waals surface area contributed by atoms with E-state index >= 15 is 0 Å². The van der Waals surface area contributed by atoms with Gasteiger partial charge in [0.25, 0.3) is 5.91 Å². The van der Waals surface area contributed by atoms with E-state index < -0.39 is 16.2 Å². The predicted molar refractivity (Wildman–Crippen MR) is 52.5 cm³/mol. The van der Waals surface area contributed by atoms with Gasteiger partial charge in [-0.2, -0.15) is 8.42 Å². The number of hydrogen-bond acceptors (Lipinski definition) is 3. The summed E-state index contributed by atoms with van der Waals surface area (Å²) in [5, 5.41) is 0.724. The fourth-order valence-corrected chi connectivity index (χ4v) is 1.71.